The zero-order valence-electron chi connectivity index (χ0n) is 15.8. The number of ether oxygens (including phenoxy) is 2. The van der Waals surface area contributed by atoms with Crippen molar-refractivity contribution in [2.75, 3.05) is 12.4 Å². The van der Waals surface area contributed by atoms with Gasteiger partial charge in [0, 0.05) is 21.9 Å². The lowest BCUT2D eigenvalue weighted by atomic mass is 10.2. The van der Waals surface area contributed by atoms with Crippen molar-refractivity contribution in [3.63, 3.8) is 0 Å². The molecule has 6 nitrogen and oxygen atoms in total. The standard InChI is InChI=1S/C21H16ClN3O3S2/c1-27-19-6-5-13(8-17(19)22)18-11-30-21(24-18)25-20(26)14-3-2-4-16(7-14)28-9-15-10-29-12-23-15/h2-8,10-12H,9H2,1H3,(H,24,25,26). The summed E-state index contributed by atoms with van der Waals surface area (Å²) in [6.45, 7) is 0.356. The zero-order chi connectivity index (χ0) is 20.9. The number of hydrogen-bond donors (Lipinski definition) is 1. The SMILES string of the molecule is COc1ccc(-c2csc(NC(=O)c3cccc(OCc4cscn4)c3)n2)cc1Cl. The summed E-state index contributed by atoms with van der Waals surface area (Å²) in [5.41, 5.74) is 4.65. The third kappa shape index (κ3) is 4.79. The molecule has 2 aromatic heterocycles. The molecule has 0 aliphatic rings. The predicted molar refractivity (Wildman–Crippen MR) is 120 cm³/mol. The number of nitrogens with zero attached hydrogens (tertiary/aromatic N) is 2. The van der Waals surface area contributed by atoms with E-state index in [1.54, 1.807) is 49.0 Å². The van der Waals surface area contributed by atoms with Crippen molar-refractivity contribution in [2.24, 2.45) is 0 Å². The van der Waals surface area contributed by atoms with Crippen LogP contribution in [-0.4, -0.2) is 23.0 Å². The molecule has 0 aliphatic heterocycles. The van der Waals surface area contributed by atoms with Crippen molar-refractivity contribution in [1.82, 2.24) is 9.97 Å². The Balaban J connectivity index is 1.43. The zero-order valence-corrected chi connectivity index (χ0v) is 18.2. The van der Waals surface area contributed by atoms with E-state index in [9.17, 15) is 4.79 Å². The normalized spacial score (nSPS) is 10.6. The van der Waals surface area contributed by atoms with Crippen molar-refractivity contribution < 1.29 is 14.3 Å². The Morgan fingerprint density at radius 3 is 2.87 bits per heavy atom. The van der Waals surface area contributed by atoms with E-state index >= 15 is 0 Å². The van der Waals surface area contributed by atoms with Crippen molar-refractivity contribution in [3.05, 3.63) is 75.0 Å². The predicted octanol–water partition coefficient (Wildman–Crippen LogP) is 5.76. The number of carbonyl (C=O) groups excluding carboxylic acids is 1. The highest BCUT2D eigenvalue weighted by atomic mass is 35.5. The minimum Gasteiger partial charge on any atom is -0.495 e. The summed E-state index contributed by atoms with van der Waals surface area (Å²) >= 11 is 9.04. The van der Waals surface area contributed by atoms with Gasteiger partial charge in [-0.15, -0.1) is 22.7 Å². The van der Waals surface area contributed by atoms with E-state index in [0.717, 1.165) is 17.0 Å². The molecular formula is C21H16ClN3O3S2. The van der Waals surface area contributed by atoms with E-state index < -0.39 is 0 Å². The van der Waals surface area contributed by atoms with Crippen LogP contribution in [0.1, 0.15) is 16.1 Å². The molecule has 0 bridgehead atoms. The van der Waals surface area contributed by atoms with Gasteiger partial charge in [-0.2, -0.15) is 0 Å². The molecule has 0 unspecified atom stereocenters. The van der Waals surface area contributed by atoms with Crippen molar-refractivity contribution >= 4 is 45.3 Å². The number of carbonyl (C=O) groups is 1. The highest BCUT2D eigenvalue weighted by Gasteiger charge is 2.12. The van der Waals surface area contributed by atoms with Crippen LogP contribution in [0.15, 0.2) is 58.7 Å². The van der Waals surface area contributed by atoms with Gasteiger partial charge in [0.1, 0.15) is 18.1 Å². The number of nitrogens with one attached hydrogen (secondary N) is 1. The molecule has 2 aromatic carbocycles. The Kier molecular flexibility index (Phi) is 6.27. The lowest BCUT2D eigenvalue weighted by Gasteiger charge is -2.07. The fourth-order valence-corrected chi connectivity index (χ4v) is 4.17. The van der Waals surface area contributed by atoms with E-state index in [-0.39, 0.29) is 5.91 Å². The molecule has 0 fully saturated rings. The number of benzene rings is 2. The molecule has 4 rings (SSSR count). The summed E-state index contributed by atoms with van der Waals surface area (Å²) < 4.78 is 10.9. The molecule has 0 saturated carbocycles. The van der Waals surface area contributed by atoms with Crippen molar-refractivity contribution in [3.8, 4) is 22.8 Å². The van der Waals surface area contributed by atoms with Gasteiger partial charge in [0.25, 0.3) is 5.91 Å². The van der Waals surface area contributed by atoms with Gasteiger partial charge in [0.05, 0.1) is 29.0 Å². The number of methoxy groups -OCH3 is 1. The summed E-state index contributed by atoms with van der Waals surface area (Å²) in [4.78, 5) is 21.3. The molecule has 0 radical (unpaired) electrons. The van der Waals surface area contributed by atoms with Crippen LogP contribution < -0.4 is 14.8 Å². The van der Waals surface area contributed by atoms with E-state index in [4.69, 9.17) is 21.1 Å². The van der Waals surface area contributed by atoms with E-state index in [1.807, 2.05) is 16.8 Å². The van der Waals surface area contributed by atoms with Gasteiger partial charge >= 0.3 is 0 Å². The topological polar surface area (TPSA) is 73.3 Å². The lowest BCUT2D eigenvalue weighted by molar-refractivity contribution is 0.102. The maximum Gasteiger partial charge on any atom is 0.257 e. The lowest BCUT2D eigenvalue weighted by Crippen LogP contribution is -2.11. The fraction of sp³-hybridized carbons (Fsp3) is 0.0952. The summed E-state index contributed by atoms with van der Waals surface area (Å²) in [5, 5.41) is 7.61. The first-order chi connectivity index (χ1) is 14.6. The smallest absolute Gasteiger partial charge is 0.257 e. The average molecular weight is 458 g/mol. The second-order valence-corrected chi connectivity index (χ2v) is 8.12. The highest BCUT2D eigenvalue weighted by Crippen LogP contribution is 2.32. The quantitative estimate of drug-likeness (QED) is 0.382. The van der Waals surface area contributed by atoms with Gasteiger partial charge in [-0.3, -0.25) is 10.1 Å². The average Bonchev–Trinajstić information content (AvgIpc) is 3.44. The van der Waals surface area contributed by atoms with Crippen LogP contribution in [0, 0.1) is 0 Å². The van der Waals surface area contributed by atoms with Crippen LogP contribution in [-0.2, 0) is 6.61 Å². The van der Waals surface area contributed by atoms with Crippen LogP contribution in [0.2, 0.25) is 5.02 Å². The fourth-order valence-electron chi connectivity index (χ4n) is 2.65. The monoisotopic (exact) mass is 457 g/mol. The summed E-state index contributed by atoms with van der Waals surface area (Å²) in [5.74, 6) is 0.937. The van der Waals surface area contributed by atoms with Gasteiger partial charge in [-0.25, -0.2) is 9.97 Å². The highest BCUT2D eigenvalue weighted by molar-refractivity contribution is 7.14. The molecule has 1 amide bonds. The Morgan fingerprint density at radius 2 is 2.10 bits per heavy atom. The molecule has 0 spiro atoms. The first-order valence-electron chi connectivity index (χ1n) is 8.83. The minimum atomic E-state index is -0.261. The number of hydrogen-bond acceptors (Lipinski definition) is 7. The molecule has 0 aliphatic carbocycles. The van der Waals surface area contributed by atoms with Gasteiger partial charge in [0.15, 0.2) is 5.13 Å². The van der Waals surface area contributed by atoms with E-state index in [1.165, 1.54) is 22.7 Å². The number of anilines is 1. The third-order valence-electron chi connectivity index (χ3n) is 4.14. The van der Waals surface area contributed by atoms with E-state index in [0.29, 0.717) is 33.8 Å². The molecule has 9 heteroatoms. The first kappa shape index (κ1) is 20.3. The first-order valence-corrected chi connectivity index (χ1v) is 11.0. The number of aromatic nitrogens is 2. The molecular weight excluding hydrogens is 442 g/mol. The molecule has 1 N–H and O–H groups in total. The summed E-state index contributed by atoms with van der Waals surface area (Å²) in [7, 11) is 1.57. The number of halogens is 1. The molecule has 2 heterocycles. The van der Waals surface area contributed by atoms with Crippen molar-refractivity contribution in [2.45, 2.75) is 6.61 Å². The van der Waals surface area contributed by atoms with Crippen LogP contribution in [0.25, 0.3) is 11.3 Å². The van der Waals surface area contributed by atoms with Crippen LogP contribution in [0.5, 0.6) is 11.5 Å². The maximum atomic E-state index is 12.6. The van der Waals surface area contributed by atoms with Gasteiger partial charge < -0.3 is 9.47 Å². The number of amides is 1. The second-order valence-electron chi connectivity index (χ2n) is 6.14. The summed E-state index contributed by atoms with van der Waals surface area (Å²) in [6, 6.07) is 12.4. The molecule has 0 saturated heterocycles. The van der Waals surface area contributed by atoms with E-state index in [2.05, 4.69) is 15.3 Å². The van der Waals surface area contributed by atoms with Crippen LogP contribution in [0.3, 0.4) is 0 Å². The van der Waals surface area contributed by atoms with Crippen LogP contribution in [0.4, 0.5) is 5.13 Å². The molecule has 30 heavy (non-hydrogen) atoms. The number of thiazole rings is 2. The Hall–Kier alpha value is -2.94. The third-order valence-corrected chi connectivity index (χ3v) is 5.83. The molecule has 0 atom stereocenters. The Morgan fingerprint density at radius 1 is 1.20 bits per heavy atom. The Bertz CT molecular complexity index is 1160. The maximum absolute atomic E-state index is 12.6. The van der Waals surface area contributed by atoms with Crippen LogP contribution >= 0.6 is 34.3 Å². The minimum absolute atomic E-state index is 0.261. The van der Waals surface area contributed by atoms with Gasteiger partial charge in [0.2, 0.25) is 0 Å². The summed E-state index contributed by atoms with van der Waals surface area (Å²) in [6.07, 6.45) is 0. The van der Waals surface area contributed by atoms with Gasteiger partial charge in [-0.1, -0.05) is 17.7 Å². The number of rotatable bonds is 7. The molecule has 4 aromatic rings. The Labute approximate surface area is 186 Å². The largest absolute Gasteiger partial charge is 0.495 e. The second kappa shape index (κ2) is 9.25. The van der Waals surface area contributed by atoms with Gasteiger partial charge in [-0.05, 0) is 36.4 Å². The van der Waals surface area contributed by atoms with Crippen molar-refractivity contribution in [1.29, 1.82) is 0 Å². The molecule has 152 valence electrons.